The van der Waals surface area contributed by atoms with E-state index in [1.807, 2.05) is 55.8 Å². The quantitative estimate of drug-likeness (QED) is 0.775. The predicted octanol–water partition coefficient (Wildman–Crippen LogP) is 3.85. The number of ether oxygens (including phenoxy) is 1. The van der Waals surface area contributed by atoms with Crippen molar-refractivity contribution in [3.05, 3.63) is 54.1 Å². The molecule has 0 unspecified atom stereocenters. The molecule has 0 fully saturated rings. The minimum atomic E-state index is 0.704. The number of rotatable bonds is 5. The zero-order valence-corrected chi connectivity index (χ0v) is 13.4. The molecule has 118 valence electrons. The summed E-state index contributed by atoms with van der Waals surface area (Å²) in [6.07, 6.45) is 3.47. The molecule has 0 bridgehead atoms. The second-order valence-electron chi connectivity index (χ2n) is 5.17. The van der Waals surface area contributed by atoms with Crippen molar-refractivity contribution in [3.63, 3.8) is 0 Å². The highest BCUT2D eigenvalue weighted by Crippen LogP contribution is 2.26. The predicted molar refractivity (Wildman–Crippen MR) is 89.2 cm³/mol. The van der Waals surface area contributed by atoms with Gasteiger partial charge in [-0.3, -0.25) is 4.98 Å². The molecule has 0 aliphatic rings. The zero-order chi connectivity index (χ0) is 16.2. The number of pyridine rings is 2. The van der Waals surface area contributed by atoms with Crippen molar-refractivity contribution in [2.75, 3.05) is 5.32 Å². The SMILES string of the molecule is CCn1nccc1Nc1cc(Oc2ccc(C)nc2C)ccn1. The van der Waals surface area contributed by atoms with E-state index in [2.05, 4.69) is 20.4 Å². The summed E-state index contributed by atoms with van der Waals surface area (Å²) in [6, 6.07) is 9.44. The highest BCUT2D eigenvalue weighted by Gasteiger charge is 2.06. The number of hydrogen-bond donors (Lipinski definition) is 1. The summed E-state index contributed by atoms with van der Waals surface area (Å²) in [5.41, 5.74) is 1.83. The molecule has 0 saturated carbocycles. The molecule has 0 radical (unpaired) electrons. The molecule has 3 aromatic heterocycles. The van der Waals surface area contributed by atoms with E-state index in [-0.39, 0.29) is 0 Å². The first-order valence-corrected chi connectivity index (χ1v) is 7.52. The smallest absolute Gasteiger partial charge is 0.148 e. The van der Waals surface area contributed by atoms with Crippen molar-refractivity contribution >= 4 is 11.6 Å². The maximum absolute atomic E-state index is 5.92. The summed E-state index contributed by atoms with van der Waals surface area (Å²) < 4.78 is 7.78. The van der Waals surface area contributed by atoms with E-state index >= 15 is 0 Å². The first-order chi connectivity index (χ1) is 11.2. The molecule has 3 rings (SSSR count). The van der Waals surface area contributed by atoms with Crippen LogP contribution in [0.4, 0.5) is 11.6 Å². The van der Waals surface area contributed by atoms with Gasteiger partial charge in [-0.05, 0) is 39.0 Å². The Morgan fingerprint density at radius 1 is 1.13 bits per heavy atom. The third kappa shape index (κ3) is 3.48. The number of aryl methyl sites for hydroxylation is 3. The number of hydrogen-bond acceptors (Lipinski definition) is 5. The average Bonchev–Trinajstić information content (AvgIpc) is 2.98. The third-order valence-corrected chi connectivity index (χ3v) is 3.41. The molecule has 0 spiro atoms. The van der Waals surface area contributed by atoms with Crippen molar-refractivity contribution in [2.45, 2.75) is 27.3 Å². The summed E-state index contributed by atoms with van der Waals surface area (Å²) in [5.74, 6) is 3.05. The molecule has 0 amide bonds. The van der Waals surface area contributed by atoms with Crippen LogP contribution < -0.4 is 10.1 Å². The zero-order valence-electron chi connectivity index (χ0n) is 13.4. The maximum atomic E-state index is 5.92. The van der Waals surface area contributed by atoms with Crippen molar-refractivity contribution in [3.8, 4) is 11.5 Å². The van der Waals surface area contributed by atoms with Crippen molar-refractivity contribution in [1.82, 2.24) is 19.7 Å². The molecule has 0 aromatic carbocycles. The molecular weight excluding hydrogens is 290 g/mol. The van der Waals surface area contributed by atoms with Gasteiger partial charge in [-0.25, -0.2) is 9.67 Å². The number of nitrogens with zero attached hydrogens (tertiary/aromatic N) is 4. The van der Waals surface area contributed by atoms with Crippen LogP contribution in [0.5, 0.6) is 11.5 Å². The lowest BCUT2D eigenvalue weighted by molar-refractivity contribution is 0.475. The molecule has 3 heterocycles. The third-order valence-electron chi connectivity index (χ3n) is 3.41. The first-order valence-electron chi connectivity index (χ1n) is 7.52. The molecule has 0 atom stereocenters. The first kappa shape index (κ1) is 15.0. The Hall–Kier alpha value is -2.89. The maximum Gasteiger partial charge on any atom is 0.148 e. The lowest BCUT2D eigenvalue weighted by Crippen LogP contribution is -2.03. The molecule has 6 heteroatoms. The summed E-state index contributed by atoms with van der Waals surface area (Å²) in [6.45, 7) is 6.72. The topological polar surface area (TPSA) is 64.9 Å². The van der Waals surface area contributed by atoms with Gasteiger partial charge in [0.05, 0.1) is 11.9 Å². The Kier molecular flexibility index (Phi) is 4.23. The molecule has 0 aliphatic carbocycles. The van der Waals surface area contributed by atoms with Gasteiger partial charge < -0.3 is 10.1 Å². The lowest BCUT2D eigenvalue weighted by atomic mass is 10.3. The van der Waals surface area contributed by atoms with Gasteiger partial charge in [0.1, 0.15) is 23.1 Å². The Balaban J connectivity index is 1.80. The fourth-order valence-corrected chi connectivity index (χ4v) is 2.27. The van der Waals surface area contributed by atoms with Crippen molar-refractivity contribution in [2.24, 2.45) is 0 Å². The molecule has 6 nitrogen and oxygen atoms in total. The van der Waals surface area contributed by atoms with Crippen LogP contribution in [0, 0.1) is 13.8 Å². The highest BCUT2D eigenvalue weighted by atomic mass is 16.5. The molecule has 1 N–H and O–H groups in total. The van der Waals surface area contributed by atoms with Crippen LogP contribution in [-0.2, 0) is 6.54 Å². The van der Waals surface area contributed by atoms with E-state index in [9.17, 15) is 0 Å². The van der Waals surface area contributed by atoms with Gasteiger partial charge in [0.15, 0.2) is 0 Å². The van der Waals surface area contributed by atoms with E-state index in [4.69, 9.17) is 4.74 Å². The average molecular weight is 309 g/mol. The van der Waals surface area contributed by atoms with Crippen LogP contribution in [0.1, 0.15) is 18.3 Å². The summed E-state index contributed by atoms with van der Waals surface area (Å²) in [4.78, 5) is 8.73. The van der Waals surface area contributed by atoms with Crippen molar-refractivity contribution < 1.29 is 4.74 Å². The van der Waals surface area contributed by atoms with Crippen LogP contribution in [0.25, 0.3) is 0 Å². The molecule has 3 aromatic rings. The second kappa shape index (κ2) is 6.48. The van der Waals surface area contributed by atoms with Gasteiger partial charge in [0, 0.05) is 30.6 Å². The van der Waals surface area contributed by atoms with Crippen LogP contribution >= 0.6 is 0 Å². The summed E-state index contributed by atoms with van der Waals surface area (Å²) >= 11 is 0. The fraction of sp³-hybridized carbons (Fsp3) is 0.235. The van der Waals surface area contributed by atoms with Crippen LogP contribution in [0.15, 0.2) is 42.7 Å². The molecule has 23 heavy (non-hydrogen) atoms. The minimum Gasteiger partial charge on any atom is -0.455 e. The van der Waals surface area contributed by atoms with Gasteiger partial charge in [0.2, 0.25) is 0 Å². The summed E-state index contributed by atoms with van der Waals surface area (Å²) in [5, 5.41) is 7.47. The molecular formula is C17H19N5O. The molecule has 0 aliphatic heterocycles. The van der Waals surface area contributed by atoms with Crippen molar-refractivity contribution in [1.29, 1.82) is 0 Å². The van der Waals surface area contributed by atoms with Gasteiger partial charge in [-0.2, -0.15) is 5.10 Å². The Labute approximate surface area is 135 Å². The number of anilines is 2. The normalized spacial score (nSPS) is 10.6. The number of aromatic nitrogens is 4. The van der Waals surface area contributed by atoms with Crippen LogP contribution in [0.2, 0.25) is 0 Å². The van der Waals surface area contributed by atoms with E-state index in [1.165, 1.54) is 0 Å². The Morgan fingerprint density at radius 2 is 2.00 bits per heavy atom. The highest BCUT2D eigenvalue weighted by molar-refractivity contribution is 5.54. The lowest BCUT2D eigenvalue weighted by Gasteiger charge is -2.11. The standard InChI is InChI=1S/C17H19N5O/c1-4-22-17(8-10-19-22)21-16-11-14(7-9-18-16)23-15-6-5-12(2)20-13(15)3/h5-11H,4H2,1-3H3,(H,18,21). The van der Waals surface area contributed by atoms with E-state index in [0.29, 0.717) is 11.6 Å². The van der Waals surface area contributed by atoms with Crippen LogP contribution in [-0.4, -0.2) is 19.7 Å². The number of nitrogens with one attached hydrogen (secondary N) is 1. The van der Waals surface area contributed by atoms with Gasteiger partial charge >= 0.3 is 0 Å². The van der Waals surface area contributed by atoms with E-state index < -0.39 is 0 Å². The minimum absolute atomic E-state index is 0.704. The fourth-order valence-electron chi connectivity index (χ4n) is 2.27. The van der Waals surface area contributed by atoms with E-state index in [1.54, 1.807) is 12.4 Å². The van der Waals surface area contributed by atoms with Gasteiger partial charge in [-0.1, -0.05) is 0 Å². The van der Waals surface area contributed by atoms with Gasteiger partial charge in [0.25, 0.3) is 0 Å². The largest absolute Gasteiger partial charge is 0.455 e. The monoisotopic (exact) mass is 309 g/mol. The summed E-state index contributed by atoms with van der Waals surface area (Å²) in [7, 11) is 0. The molecule has 0 saturated heterocycles. The van der Waals surface area contributed by atoms with Gasteiger partial charge in [-0.15, -0.1) is 0 Å². The van der Waals surface area contributed by atoms with E-state index in [0.717, 1.165) is 29.5 Å². The Morgan fingerprint density at radius 3 is 2.78 bits per heavy atom. The van der Waals surface area contributed by atoms with Crippen LogP contribution in [0.3, 0.4) is 0 Å². The Bertz CT molecular complexity index is 812. The second-order valence-corrected chi connectivity index (χ2v) is 5.17.